The van der Waals surface area contributed by atoms with Crippen LogP contribution in [0.5, 0.6) is 11.5 Å². The van der Waals surface area contributed by atoms with Crippen LogP contribution in [-0.2, 0) is 4.79 Å². The first kappa shape index (κ1) is 14.9. The quantitative estimate of drug-likeness (QED) is 0.774. The van der Waals surface area contributed by atoms with Gasteiger partial charge in [0.05, 0.1) is 13.7 Å². The molecular formula is C16H23NO3. The van der Waals surface area contributed by atoms with Crippen LogP contribution < -0.4 is 9.47 Å². The second-order valence-electron chi connectivity index (χ2n) is 5.30. The zero-order chi connectivity index (χ0) is 14.5. The summed E-state index contributed by atoms with van der Waals surface area (Å²) in [6.07, 6.45) is 2.02. The van der Waals surface area contributed by atoms with Gasteiger partial charge >= 0.3 is 0 Å². The van der Waals surface area contributed by atoms with Crippen LogP contribution in [0.25, 0.3) is 0 Å². The summed E-state index contributed by atoms with van der Waals surface area (Å²) in [5.41, 5.74) is 1.15. The Morgan fingerprint density at radius 1 is 1.40 bits per heavy atom. The average Bonchev–Trinajstić information content (AvgIpc) is 2.47. The lowest BCUT2D eigenvalue weighted by molar-refractivity contribution is -0.112. The third-order valence-corrected chi connectivity index (χ3v) is 3.96. The highest BCUT2D eigenvalue weighted by Crippen LogP contribution is 2.36. The summed E-state index contributed by atoms with van der Waals surface area (Å²) in [6.45, 7) is 4.44. The Morgan fingerprint density at radius 3 is 2.85 bits per heavy atom. The van der Waals surface area contributed by atoms with Gasteiger partial charge in [0.25, 0.3) is 0 Å². The molecule has 4 nitrogen and oxygen atoms in total. The highest BCUT2D eigenvalue weighted by atomic mass is 16.5. The number of rotatable bonds is 5. The average molecular weight is 277 g/mol. The van der Waals surface area contributed by atoms with Gasteiger partial charge in [-0.3, -0.25) is 0 Å². The fourth-order valence-electron chi connectivity index (χ4n) is 2.84. The molecule has 1 fully saturated rings. The maximum atomic E-state index is 11.3. The van der Waals surface area contributed by atoms with Crippen LogP contribution in [-0.4, -0.2) is 45.0 Å². The Hall–Kier alpha value is -1.55. The van der Waals surface area contributed by atoms with Crippen molar-refractivity contribution in [2.75, 3.05) is 33.9 Å². The second-order valence-corrected chi connectivity index (χ2v) is 5.30. The van der Waals surface area contributed by atoms with Crippen molar-refractivity contribution in [3.8, 4) is 11.5 Å². The number of carbonyl (C=O) groups excluding carboxylic acids is 1. The fraction of sp³-hybridized carbons (Fsp3) is 0.562. The van der Waals surface area contributed by atoms with Crippen molar-refractivity contribution < 1.29 is 14.3 Å². The van der Waals surface area contributed by atoms with Crippen molar-refractivity contribution in [3.63, 3.8) is 0 Å². The van der Waals surface area contributed by atoms with Crippen LogP contribution in [0, 0.1) is 5.92 Å². The van der Waals surface area contributed by atoms with E-state index < -0.39 is 0 Å². The van der Waals surface area contributed by atoms with Crippen molar-refractivity contribution >= 4 is 6.29 Å². The van der Waals surface area contributed by atoms with Crippen molar-refractivity contribution in [2.24, 2.45) is 5.92 Å². The normalized spacial score (nSPS) is 23.4. The van der Waals surface area contributed by atoms with Gasteiger partial charge in [-0.2, -0.15) is 0 Å². The Kier molecular flexibility index (Phi) is 5.01. The van der Waals surface area contributed by atoms with E-state index in [1.165, 1.54) is 0 Å². The molecule has 0 N–H and O–H groups in total. The lowest BCUT2D eigenvalue weighted by Gasteiger charge is -2.34. The lowest BCUT2D eigenvalue weighted by Crippen LogP contribution is -2.37. The van der Waals surface area contributed by atoms with Gasteiger partial charge in [0.15, 0.2) is 11.5 Å². The maximum absolute atomic E-state index is 11.3. The molecule has 0 amide bonds. The van der Waals surface area contributed by atoms with E-state index in [-0.39, 0.29) is 11.8 Å². The molecule has 2 unspecified atom stereocenters. The first-order chi connectivity index (χ1) is 9.69. The third-order valence-electron chi connectivity index (χ3n) is 3.96. The number of likely N-dealkylation sites (N-methyl/N-ethyl adjacent to an activating group) is 1. The SMILES string of the molecule is CCOc1cc(C2CN(C)CCC2C=O)ccc1OC. The number of hydrogen-bond donors (Lipinski definition) is 0. The Balaban J connectivity index is 2.30. The minimum absolute atomic E-state index is 0.0917. The number of aldehydes is 1. The van der Waals surface area contributed by atoms with Crippen LogP contribution in [0.1, 0.15) is 24.8 Å². The minimum Gasteiger partial charge on any atom is -0.493 e. The Bertz CT molecular complexity index is 461. The molecule has 1 aromatic rings. The maximum Gasteiger partial charge on any atom is 0.161 e. The molecule has 1 aliphatic heterocycles. The molecule has 2 atom stereocenters. The number of carbonyl (C=O) groups is 1. The first-order valence-corrected chi connectivity index (χ1v) is 7.14. The van der Waals surface area contributed by atoms with Crippen LogP contribution in [0.4, 0.5) is 0 Å². The summed E-state index contributed by atoms with van der Waals surface area (Å²) in [6, 6.07) is 5.99. The molecule has 110 valence electrons. The number of nitrogens with zero attached hydrogens (tertiary/aromatic N) is 1. The number of piperidine rings is 1. The molecular weight excluding hydrogens is 254 g/mol. The molecule has 1 aromatic carbocycles. The third kappa shape index (κ3) is 3.12. The Labute approximate surface area is 120 Å². The van der Waals surface area contributed by atoms with Crippen molar-refractivity contribution in [2.45, 2.75) is 19.3 Å². The van der Waals surface area contributed by atoms with Gasteiger partial charge in [0.2, 0.25) is 0 Å². The molecule has 1 heterocycles. The van der Waals surface area contributed by atoms with E-state index in [2.05, 4.69) is 11.9 Å². The molecule has 0 saturated carbocycles. The molecule has 2 rings (SSSR count). The van der Waals surface area contributed by atoms with Gasteiger partial charge in [-0.25, -0.2) is 0 Å². The zero-order valence-corrected chi connectivity index (χ0v) is 12.5. The summed E-state index contributed by atoms with van der Waals surface area (Å²) in [7, 11) is 3.74. The number of methoxy groups -OCH3 is 1. The summed E-state index contributed by atoms with van der Waals surface area (Å²) in [5, 5.41) is 0. The van der Waals surface area contributed by atoms with Gasteiger partial charge in [0.1, 0.15) is 6.29 Å². The van der Waals surface area contributed by atoms with Gasteiger partial charge in [-0.05, 0) is 44.6 Å². The molecule has 0 radical (unpaired) electrons. The number of ether oxygens (including phenoxy) is 2. The molecule has 0 aliphatic carbocycles. The zero-order valence-electron chi connectivity index (χ0n) is 12.5. The van der Waals surface area contributed by atoms with E-state index in [0.29, 0.717) is 6.61 Å². The Morgan fingerprint density at radius 2 is 2.20 bits per heavy atom. The van der Waals surface area contributed by atoms with Gasteiger partial charge in [0, 0.05) is 18.4 Å². The largest absolute Gasteiger partial charge is 0.493 e. The van der Waals surface area contributed by atoms with E-state index in [4.69, 9.17) is 9.47 Å². The smallest absolute Gasteiger partial charge is 0.161 e. The molecule has 4 heteroatoms. The number of benzene rings is 1. The van der Waals surface area contributed by atoms with Crippen molar-refractivity contribution in [3.05, 3.63) is 23.8 Å². The lowest BCUT2D eigenvalue weighted by atomic mass is 9.81. The van der Waals surface area contributed by atoms with Crippen molar-refractivity contribution in [1.82, 2.24) is 4.90 Å². The summed E-state index contributed by atoms with van der Waals surface area (Å²) >= 11 is 0. The molecule has 20 heavy (non-hydrogen) atoms. The van der Waals surface area contributed by atoms with Crippen LogP contribution in [0.3, 0.4) is 0 Å². The number of hydrogen-bond acceptors (Lipinski definition) is 4. The molecule has 0 aromatic heterocycles. The monoisotopic (exact) mass is 277 g/mol. The van der Waals surface area contributed by atoms with Crippen LogP contribution >= 0.6 is 0 Å². The summed E-state index contributed by atoms with van der Waals surface area (Å²) in [4.78, 5) is 13.6. The highest BCUT2D eigenvalue weighted by Gasteiger charge is 2.29. The summed E-state index contributed by atoms with van der Waals surface area (Å²) in [5.74, 6) is 1.82. The topological polar surface area (TPSA) is 38.8 Å². The highest BCUT2D eigenvalue weighted by molar-refractivity contribution is 5.57. The number of likely N-dealkylation sites (tertiary alicyclic amines) is 1. The van der Waals surface area contributed by atoms with Gasteiger partial charge in [-0.1, -0.05) is 6.07 Å². The standard InChI is InChI=1S/C16H23NO3/c1-4-20-16-9-12(5-6-15(16)19-3)14-10-17(2)8-7-13(14)11-18/h5-6,9,11,13-14H,4,7-8,10H2,1-3H3. The fourth-order valence-corrected chi connectivity index (χ4v) is 2.84. The molecule has 0 spiro atoms. The predicted octanol–water partition coefficient (Wildman–Crippen LogP) is 2.33. The summed E-state index contributed by atoms with van der Waals surface area (Å²) < 4.78 is 10.9. The van der Waals surface area contributed by atoms with Crippen LogP contribution in [0.15, 0.2) is 18.2 Å². The van der Waals surface area contributed by atoms with Gasteiger partial charge < -0.3 is 19.2 Å². The van der Waals surface area contributed by atoms with Crippen LogP contribution in [0.2, 0.25) is 0 Å². The van der Waals surface area contributed by atoms with E-state index in [9.17, 15) is 4.79 Å². The molecule has 0 bridgehead atoms. The first-order valence-electron chi connectivity index (χ1n) is 7.14. The van der Waals surface area contributed by atoms with E-state index in [1.54, 1.807) is 7.11 Å². The predicted molar refractivity (Wildman–Crippen MR) is 78.6 cm³/mol. The second kappa shape index (κ2) is 6.75. The van der Waals surface area contributed by atoms with E-state index >= 15 is 0 Å². The van der Waals surface area contributed by atoms with E-state index in [0.717, 1.165) is 42.9 Å². The molecule has 1 saturated heterocycles. The van der Waals surface area contributed by atoms with E-state index in [1.807, 2.05) is 25.1 Å². The van der Waals surface area contributed by atoms with Crippen molar-refractivity contribution in [1.29, 1.82) is 0 Å². The minimum atomic E-state index is 0.0917. The van der Waals surface area contributed by atoms with Gasteiger partial charge in [-0.15, -0.1) is 0 Å². The molecule has 1 aliphatic rings.